The first-order valence-corrected chi connectivity index (χ1v) is 11.5. The van der Waals surface area contributed by atoms with E-state index in [2.05, 4.69) is 18.8 Å². The van der Waals surface area contributed by atoms with Crippen molar-refractivity contribution in [2.45, 2.75) is 38.3 Å². The quantitative estimate of drug-likeness (QED) is 0.696. The average Bonchev–Trinajstić information content (AvgIpc) is 3.06. The molecule has 2 aliphatic heterocycles. The number of carboxylic acid groups (broad SMARTS) is 1. The van der Waals surface area contributed by atoms with E-state index in [1.54, 1.807) is 18.2 Å². The molecule has 1 aromatic carbocycles. The molecule has 2 amide bonds. The Bertz CT molecular complexity index is 1040. The zero-order valence-electron chi connectivity index (χ0n) is 20.1. The lowest BCUT2D eigenvalue weighted by Gasteiger charge is -2.43. The van der Waals surface area contributed by atoms with Crippen molar-refractivity contribution >= 4 is 17.7 Å². The summed E-state index contributed by atoms with van der Waals surface area (Å²) in [6, 6.07) is 10.8. The van der Waals surface area contributed by atoms with E-state index < -0.39 is 6.09 Å². The highest BCUT2D eigenvalue weighted by molar-refractivity contribution is 5.97. The van der Waals surface area contributed by atoms with Crippen LogP contribution in [0.15, 0.2) is 42.6 Å². The summed E-state index contributed by atoms with van der Waals surface area (Å²) in [4.78, 5) is 34.9. The number of hydrogen-bond acceptors (Lipinski definition) is 6. The van der Waals surface area contributed by atoms with Crippen molar-refractivity contribution in [3.63, 3.8) is 0 Å². The molecule has 1 aromatic heterocycles. The van der Waals surface area contributed by atoms with Crippen LogP contribution in [0.25, 0.3) is 0 Å². The van der Waals surface area contributed by atoms with Gasteiger partial charge in [-0.1, -0.05) is 32.0 Å². The summed E-state index contributed by atoms with van der Waals surface area (Å²) in [7, 11) is 1.59. The van der Waals surface area contributed by atoms with Crippen molar-refractivity contribution in [2.75, 3.05) is 44.8 Å². The lowest BCUT2D eigenvalue weighted by Crippen LogP contribution is -2.61. The fourth-order valence-electron chi connectivity index (χ4n) is 4.80. The van der Waals surface area contributed by atoms with Crippen LogP contribution in [0.5, 0.6) is 11.6 Å². The summed E-state index contributed by atoms with van der Waals surface area (Å²) in [5, 5.41) is 9.51. The molecule has 0 unspecified atom stereocenters. The Hall–Kier alpha value is -3.17. The van der Waals surface area contributed by atoms with Crippen LogP contribution in [0.1, 0.15) is 26.3 Å². The van der Waals surface area contributed by atoms with Gasteiger partial charge in [0, 0.05) is 56.0 Å². The number of para-hydroxylation sites is 1. The summed E-state index contributed by atoms with van der Waals surface area (Å²) in [5.74, 6) is 1.07. The van der Waals surface area contributed by atoms with Crippen LogP contribution in [0, 0.1) is 0 Å². The van der Waals surface area contributed by atoms with Gasteiger partial charge in [0.15, 0.2) is 0 Å². The number of fused-ring (bicyclic) bond motifs is 1. The van der Waals surface area contributed by atoms with Crippen molar-refractivity contribution < 1.29 is 24.2 Å². The van der Waals surface area contributed by atoms with Crippen LogP contribution in [0.3, 0.4) is 0 Å². The molecule has 0 bridgehead atoms. The summed E-state index contributed by atoms with van der Waals surface area (Å²) < 4.78 is 11.2. The third kappa shape index (κ3) is 4.85. The first kappa shape index (κ1) is 24.0. The topological polar surface area (TPSA) is 95.4 Å². The predicted molar refractivity (Wildman–Crippen MR) is 128 cm³/mol. The number of hydrogen-bond donors (Lipinski definition) is 1. The number of benzene rings is 1. The van der Waals surface area contributed by atoms with Crippen molar-refractivity contribution in [3.8, 4) is 11.6 Å². The second kappa shape index (κ2) is 9.60. The van der Waals surface area contributed by atoms with Gasteiger partial charge in [-0.2, -0.15) is 0 Å². The van der Waals surface area contributed by atoms with Crippen LogP contribution >= 0.6 is 0 Å². The van der Waals surface area contributed by atoms with E-state index in [9.17, 15) is 14.7 Å². The average molecular weight is 469 g/mol. The minimum atomic E-state index is -0.951. The Balaban J connectivity index is 1.55. The van der Waals surface area contributed by atoms with E-state index in [0.29, 0.717) is 37.9 Å². The number of amides is 2. The lowest BCUT2D eigenvalue weighted by molar-refractivity contribution is -0.121. The number of pyridine rings is 1. The number of nitrogens with zero attached hydrogens (tertiary/aromatic N) is 4. The number of piperazine rings is 1. The fourth-order valence-corrected chi connectivity index (χ4v) is 4.80. The van der Waals surface area contributed by atoms with E-state index >= 15 is 0 Å². The molecule has 182 valence electrons. The van der Waals surface area contributed by atoms with Crippen LogP contribution in [0.2, 0.25) is 0 Å². The zero-order valence-corrected chi connectivity index (χ0v) is 20.1. The molecule has 2 aliphatic rings. The van der Waals surface area contributed by atoms with E-state index in [4.69, 9.17) is 9.47 Å². The molecule has 2 aromatic rings. The molecule has 1 fully saturated rings. The van der Waals surface area contributed by atoms with Crippen molar-refractivity contribution in [3.05, 3.63) is 48.2 Å². The third-order valence-electron chi connectivity index (χ3n) is 6.59. The third-order valence-corrected chi connectivity index (χ3v) is 6.59. The molecule has 1 saturated heterocycles. The molecule has 0 aliphatic carbocycles. The largest absolute Gasteiger partial charge is 0.465 e. The molecule has 34 heavy (non-hydrogen) atoms. The van der Waals surface area contributed by atoms with Crippen molar-refractivity contribution in [1.82, 2.24) is 14.8 Å². The Labute approximate surface area is 199 Å². The highest BCUT2D eigenvalue weighted by Crippen LogP contribution is 2.42. The van der Waals surface area contributed by atoms with Gasteiger partial charge in [0.1, 0.15) is 5.75 Å². The molecule has 0 radical (unpaired) electrons. The Morgan fingerprint density at radius 3 is 2.62 bits per heavy atom. The Morgan fingerprint density at radius 2 is 1.94 bits per heavy atom. The number of methoxy groups -OCH3 is 1. The van der Waals surface area contributed by atoms with Gasteiger partial charge in [0.2, 0.25) is 11.8 Å². The SMILES string of the molecule is COC[C@H]1CN(C(=O)O)[C@H](C)CN1CC(=O)N1CC(C)(C)c2cnc(Oc3ccccc3)cc21. The molecule has 1 N–H and O–H groups in total. The number of carbonyl (C=O) groups excluding carboxylic acids is 1. The standard InChI is InChI=1S/C25H32N4O5/c1-17-12-27(18(15-33-4)13-28(17)24(31)32)14-23(30)29-16-25(2,3)20-11-26-22(10-21(20)29)34-19-8-6-5-7-9-19/h5-11,17-18H,12-16H2,1-4H3,(H,31,32)/t17-,18-/m1/s1. The Kier molecular flexibility index (Phi) is 6.77. The predicted octanol–water partition coefficient (Wildman–Crippen LogP) is 3.20. The lowest BCUT2D eigenvalue weighted by atomic mass is 9.88. The monoisotopic (exact) mass is 468 g/mol. The van der Waals surface area contributed by atoms with Gasteiger partial charge in [0.25, 0.3) is 0 Å². The van der Waals surface area contributed by atoms with Gasteiger partial charge in [-0.15, -0.1) is 0 Å². The molecule has 9 heteroatoms. The number of anilines is 1. The van der Waals surface area contributed by atoms with E-state index in [1.165, 1.54) is 4.90 Å². The van der Waals surface area contributed by atoms with Gasteiger partial charge in [-0.25, -0.2) is 9.78 Å². The van der Waals surface area contributed by atoms with Crippen LogP contribution in [-0.2, 0) is 14.9 Å². The molecule has 3 heterocycles. The van der Waals surface area contributed by atoms with Gasteiger partial charge in [-0.05, 0) is 19.1 Å². The summed E-state index contributed by atoms with van der Waals surface area (Å²) in [5.41, 5.74) is 1.56. The molecule has 9 nitrogen and oxygen atoms in total. The normalized spacial score (nSPS) is 21.9. The first-order chi connectivity index (χ1) is 16.2. The van der Waals surface area contributed by atoms with E-state index in [0.717, 1.165) is 11.3 Å². The van der Waals surface area contributed by atoms with Crippen LogP contribution < -0.4 is 9.64 Å². The number of rotatable bonds is 6. The summed E-state index contributed by atoms with van der Waals surface area (Å²) in [6.07, 6.45) is 0.843. The van der Waals surface area contributed by atoms with Crippen LogP contribution in [-0.4, -0.2) is 83.9 Å². The number of ether oxygens (including phenoxy) is 2. The molecule has 0 saturated carbocycles. The van der Waals surface area contributed by atoms with Gasteiger partial charge < -0.3 is 24.4 Å². The second-order valence-corrected chi connectivity index (χ2v) is 9.64. The molecular weight excluding hydrogens is 436 g/mol. The first-order valence-electron chi connectivity index (χ1n) is 11.5. The van der Waals surface area contributed by atoms with Gasteiger partial charge in [0.05, 0.1) is 24.9 Å². The maximum Gasteiger partial charge on any atom is 0.407 e. The smallest absolute Gasteiger partial charge is 0.407 e. The van der Waals surface area contributed by atoms with E-state index in [1.807, 2.05) is 48.2 Å². The van der Waals surface area contributed by atoms with Gasteiger partial charge in [-0.3, -0.25) is 9.69 Å². The number of carbonyl (C=O) groups is 2. The highest BCUT2D eigenvalue weighted by Gasteiger charge is 2.41. The minimum Gasteiger partial charge on any atom is -0.465 e. The molecular formula is C25H32N4O5. The van der Waals surface area contributed by atoms with Gasteiger partial charge >= 0.3 is 6.09 Å². The van der Waals surface area contributed by atoms with Crippen molar-refractivity contribution in [2.24, 2.45) is 0 Å². The van der Waals surface area contributed by atoms with Crippen molar-refractivity contribution in [1.29, 1.82) is 0 Å². The minimum absolute atomic E-state index is 0.0410. The second-order valence-electron chi connectivity index (χ2n) is 9.64. The maximum absolute atomic E-state index is 13.6. The Morgan fingerprint density at radius 1 is 1.21 bits per heavy atom. The molecule has 4 rings (SSSR count). The van der Waals surface area contributed by atoms with Crippen LogP contribution in [0.4, 0.5) is 10.5 Å². The highest BCUT2D eigenvalue weighted by atomic mass is 16.5. The summed E-state index contributed by atoms with van der Waals surface area (Å²) in [6.45, 7) is 7.90. The van der Waals surface area contributed by atoms with E-state index in [-0.39, 0.29) is 30.0 Å². The fraction of sp³-hybridized carbons (Fsp3) is 0.480. The zero-order chi connectivity index (χ0) is 24.5. The molecule has 2 atom stereocenters. The summed E-state index contributed by atoms with van der Waals surface area (Å²) >= 11 is 0. The maximum atomic E-state index is 13.6. The number of aromatic nitrogens is 1. The molecule has 0 spiro atoms.